The highest BCUT2D eigenvalue weighted by atomic mass is 32.2. The number of hydrogen-bond acceptors (Lipinski definition) is 3. The molecule has 4 nitrogen and oxygen atoms in total. The van der Waals surface area contributed by atoms with Gasteiger partial charge in [-0.1, -0.05) is 5.57 Å². The first-order valence-electron chi connectivity index (χ1n) is 4.36. The van der Waals surface area contributed by atoms with E-state index in [4.69, 9.17) is 5.11 Å². The molecule has 1 rings (SSSR count). The molecule has 0 saturated carbocycles. The van der Waals surface area contributed by atoms with Gasteiger partial charge in [-0.2, -0.15) is 0 Å². The molecule has 1 atom stereocenters. The maximum absolute atomic E-state index is 11.2. The fourth-order valence-corrected chi connectivity index (χ4v) is 3.94. The zero-order valence-corrected chi connectivity index (χ0v) is 8.93. The zero-order chi connectivity index (χ0) is 11.0. The van der Waals surface area contributed by atoms with E-state index in [1.165, 1.54) is 0 Å². The molecule has 1 saturated heterocycles. The van der Waals surface area contributed by atoms with Crippen molar-refractivity contribution in [3.63, 3.8) is 0 Å². The lowest BCUT2D eigenvalue weighted by molar-refractivity contribution is -0.147. The molecular formula is C9H14O4S. The lowest BCUT2D eigenvalue weighted by Crippen LogP contribution is -2.32. The Balaban J connectivity index is 2.97. The van der Waals surface area contributed by atoms with Gasteiger partial charge in [0.1, 0.15) is 0 Å². The summed E-state index contributed by atoms with van der Waals surface area (Å²) in [5.41, 5.74) is -0.408. The Hall–Kier alpha value is -0.840. The summed E-state index contributed by atoms with van der Waals surface area (Å²) in [5.74, 6) is -1.30. The van der Waals surface area contributed by atoms with Crippen molar-refractivity contribution in [1.29, 1.82) is 0 Å². The van der Waals surface area contributed by atoms with E-state index in [-0.39, 0.29) is 24.3 Å². The first kappa shape index (κ1) is 11.2. The van der Waals surface area contributed by atoms with E-state index in [1.807, 2.05) is 0 Å². The highest BCUT2D eigenvalue weighted by Gasteiger charge is 2.47. The fraction of sp³-hybridized carbons (Fsp3) is 0.667. The van der Waals surface area contributed by atoms with Gasteiger partial charge in [-0.25, -0.2) is 8.42 Å². The molecule has 1 unspecified atom stereocenters. The number of carboxylic acids is 1. The van der Waals surface area contributed by atoms with Crippen molar-refractivity contribution in [3.05, 3.63) is 12.2 Å². The molecule has 0 aromatic rings. The number of aliphatic carboxylic acids is 1. The van der Waals surface area contributed by atoms with Crippen LogP contribution in [0.5, 0.6) is 0 Å². The highest BCUT2D eigenvalue weighted by Crippen LogP contribution is 2.37. The Morgan fingerprint density at radius 3 is 2.43 bits per heavy atom. The molecule has 0 aromatic carbocycles. The monoisotopic (exact) mass is 218 g/mol. The van der Waals surface area contributed by atoms with E-state index in [0.717, 1.165) is 0 Å². The maximum Gasteiger partial charge on any atom is 0.311 e. The van der Waals surface area contributed by atoms with Crippen LogP contribution < -0.4 is 0 Å². The van der Waals surface area contributed by atoms with Crippen LogP contribution in [0.25, 0.3) is 0 Å². The molecule has 1 aliphatic rings. The molecule has 0 bridgehead atoms. The second-order valence-corrected chi connectivity index (χ2v) is 6.25. The van der Waals surface area contributed by atoms with Crippen LogP contribution in [0.3, 0.4) is 0 Å². The van der Waals surface area contributed by atoms with Gasteiger partial charge in [0.05, 0.1) is 16.9 Å². The molecular weight excluding hydrogens is 204 g/mol. The van der Waals surface area contributed by atoms with Gasteiger partial charge >= 0.3 is 5.97 Å². The van der Waals surface area contributed by atoms with Crippen molar-refractivity contribution in [1.82, 2.24) is 0 Å². The molecule has 1 N–H and O–H groups in total. The molecule has 80 valence electrons. The summed E-state index contributed by atoms with van der Waals surface area (Å²) in [4.78, 5) is 11.0. The third-order valence-corrected chi connectivity index (χ3v) is 4.30. The van der Waals surface area contributed by atoms with Gasteiger partial charge < -0.3 is 5.11 Å². The minimum atomic E-state index is -3.17. The molecule has 0 aromatic heterocycles. The molecule has 1 aliphatic heterocycles. The van der Waals surface area contributed by atoms with Crippen molar-refractivity contribution in [2.45, 2.75) is 19.8 Å². The van der Waals surface area contributed by atoms with Crippen LogP contribution in [0.15, 0.2) is 12.2 Å². The van der Waals surface area contributed by atoms with Crippen molar-refractivity contribution >= 4 is 15.8 Å². The Morgan fingerprint density at radius 2 is 2.14 bits per heavy atom. The Kier molecular flexibility index (Phi) is 2.71. The summed E-state index contributed by atoms with van der Waals surface area (Å²) in [6, 6.07) is 0. The van der Waals surface area contributed by atoms with Crippen LogP contribution >= 0.6 is 0 Å². The van der Waals surface area contributed by atoms with Gasteiger partial charge in [-0.3, -0.25) is 4.79 Å². The number of carboxylic acid groups (broad SMARTS) is 1. The number of sulfone groups is 1. The van der Waals surface area contributed by atoms with Gasteiger partial charge in [-0.05, 0) is 19.8 Å². The number of allylic oxidation sites excluding steroid dienone is 1. The summed E-state index contributed by atoms with van der Waals surface area (Å²) >= 11 is 0. The molecule has 14 heavy (non-hydrogen) atoms. The van der Waals surface area contributed by atoms with E-state index in [0.29, 0.717) is 5.57 Å². The average molecular weight is 218 g/mol. The zero-order valence-electron chi connectivity index (χ0n) is 8.12. The number of carbonyl (C=O) groups is 1. The summed E-state index contributed by atoms with van der Waals surface area (Å²) in [6.45, 7) is 5.35. The van der Waals surface area contributed by atoms with E-state index in [2.05, 4.69) is 6.58 Å². The second kappa shape index (κ2) is 3.38. The molecule has 0 spiro atoms. The van der Waals surface area contributed by atoms with Crippen LogP contribution in [0.2, 0.25) is 0 Å². The summed E-state index contributed by atoms with van der Waals surface area (Å²) in [7, 11) is -3.17. The van der Waals surface area contributed by atoms with Crippen molar-refractivity contribution in [2.24, 2.45) is 5.41 Å². The lowest BCUT2D eigenvalue weighted by atomic mass is 9.82. The van der Waals surface area contributed by atoms with E-state index in [9.17, 15) is 13.2 Å². The standard InChI is InChI=1S/C9H14O4S/c1-7(2)5-9(8(10)11)3-4-14(12,13)6-9/h1,3-6H2,2H3,(H,10,11). The maximum atomic E-state index is 11.2. The molecule has 5 heteroatoms. The first-order valence-corrected chi connectivity index (χ1v) is 6.18. The van der Waals surface area contributed by atoms with Gasteiger partial charge in [-0.15, -0.1) is 6.58 Å². The van der Waals surface area contributed by atoms with Crippen molar-refractivity contribution in [2.75, 3.05) is 11.5 Å². The summed E-state index contributed by atoms with van der Waals surface area (Å²) in [5, 5.41) is 9.04. The minimum Gasteiger partial charge on any atom is -0.481 e. The molecule has 1 fully saturated rings. The second-order valence-electron chi connectivity index (χ2n) is 4.06. The Labute approximate surface area is 83.5 Å². The highest BCUT2D eigenvalue weighted by molar-refractivity contribution is 7.91. The van der Waals surface area contributed by atoms with Gasteiger partial charge in [0.15, 0.2) is 9.84 Å². The van der Waals surface area contributed by atoms with Gasteiger partial charge in [0.25, 0.3) is 0 Å². The quantitative estimate of drug-likeness (QED) is 0.712. The largest absolute Gasteiger partial charge is 0.481 e. The van der Waals surface area contributed by atoms with Crippen LogP contribution in [0, 0.1) is 5.41 Å². The summed E-state index contributed by atoms with van der Waals surface area (Å²) in [6.07, 6.45) is 0.457. The lowest BCUT2D eigenvalue weighted by Gasteiger charge is -2.21. The van der Waals surface area contributed by atoms with Gasteiger partial charge in [0.2, 0.25) is 0 Å². The smallest absolute Gasteiger partial charge is 0.311 e. The van der Waals surface area contributed by atoms with Crippen LogP contribution in [-0.4, -0.2) is 31.0 Å². The van der Waals surface area contributed by atoms with Crippen molar-refractivity contribution < 1.29 is 18.3 Å². The number of hydrogen-bond donors (Lipinski definition) is 1. The van der Waals surface area contributed by atoms with E-state index >= 15 is 0 Å². The van der Waals surface area contributed by atoms with Crippen LogP contribution in [-0.2, 0) is 14.6 Å². The first-order chi connectivity index (χ1) is 6.27. The van der Waals surface area contributed by atoms with E-state index < -0.39 is 21.2 Å². The molecule has 0 aliphatic carbocycles. The van der Waals surface area contributed by atoms with Crippen molar-refractivity contribution in [3.8, 4) is 0 Å². The normalized spacial score (nSPS) is 30.1. The average Bonchev–Trinajstić information content (AvgIpc) is 2.26. The molecule has 0 radical (unpaired) electrons. The minimum absolute atomic E-state index is 0.0213. The molecule has 0 amide bonds. The predicted molar refractivity (Wildman–Crippen MR) is 52.8 cm³/mol. The third kappa shape index (κ3) is 2.15. The predicted octanol–water partition coefficient (Wildman–Crippen LogP) is 0.842. The Bertz CT molecular complexity index is 368. The molecule has 1 heterocycles. The third-order valence-electron chi connectivity index (χ3n) is 2.48. The Morgan fingerprint density at radius 1 is 1.57 bits per heavy atom. The summed E-state index contributed by atoms with van der Waals surface area (Å²) < 4.78 is 22.5. The van der Waals surface area contributed by atoms with Gasteiger partial charge in [0, 0.05) is 0 Å². The number of rotatable bonds is 3. The fourth-order valence-electron chi connectivity index (χ4n) is 1.88. The van der Waals surface area contributed by atoms with Crippen LogP contribution in [0.1, 0.15) is 19.8 Å². The topological polar surface area (TPSA) is 71.4 Å². The SMILES string of the molecule is C=C(C)CC1(C(=O)O)CCS(=O)(=O)C1. The van der Waals surface area contributed by atoms with Crippen LogP contribution in [0.4, 0.5) is 0 Å². The van der Waals surface area contributed by atoms with E-state index in [1.54, 1.807) is 6.92 Å².